The highest BCUT2D eigenvalue weighted by molar-refractivity contribution is 6.02. The number of aromatic nitrogens is 1. The number of carbonyl (C=O) groups is 1. The lowest BCUT2D eigenvalue weighted by atomic mass is 10.1. The summed E-state index contributed by atoms with van der Waals surface area (Å²) in [7, 11) is 1.97. The molecule has 0 atom stereocenters. The molecule has 0 aliphatic heterocycles. The van der Waals surface area contributed by atoms with Crippen LogP contribution in [0.15, 0.2) is 30.3 Å². The van der Waals surface area contributed by atoms with Crippen molar-refractivity contribution in [1.82, 2.24) is 4.98 Å². The van der Waals surface area contributed by atoms with Crippen molar-refractivity contribution in [2.24, 2.45) is 0 Å². The van der Waals surface area contributed by atoms with E-state index in [-0.39, 0.29) is 12.2 Å². The molecule has 2 rings (SSSR count). The van der Waals surface area contributed by atoms with Crippen molar-refractivity contribution < 1.29 is 15.0 Å². The summed E-state index contributed by atoms with van der Waals surface area (Å²) >= 11 is 0. The van der Waals surface area contributed by atoms with Gasteiger partial charge in [-0.1, -0.05) is 6.07 Å². The molecule has 1 heterocycles. The summed E-state index contributed by atoms with van der Waals surface area (Å²) in [5.41, 5.74) is 0.965. The summed E-state index contributed by atoms with van der Waals surface area (Å²) in [6.45, 7) is 1.09. The fourth-order valence-corrected chi connectivity index (χ4v) is 2.30. The van der Waals surface area contributed by atoms with Gasteiger partial charge >= 0.3 is 5.97 Å². The van der Waals surface area contributed by atoms with Gasteiger partial charge in [0.05, 0.1) is 11.1 Å². The maximum Gasteiger partial charge on any atom is 0.336 e. The molecule has 0 amide bonds. The quantitative estimate of drug-likeness (QED) is 0.766. The van der Waals surface area contributed by atoms with Crippen molar-refractivity contribution in [2.45, 2.75) is 19.3 Å². The molecule has 0 aliphatic carbocycles. The van der Waals surface area contributed by atoms with E-state index in [1.54, 1.807) is 12.1 Å². The van der Waals surface area contributed by atoms with Crippen LogP contribution in [0.5, 0.6) is 0 Å². The molecule has 2 aromatic rings. The highest BCUT2D eigenvalue weighted by Crippen LogP contribution is 2.21. The first-order valence-corrected chi connectivity index (χ1v) is 7.08. The van der Waals surface area contributed by atoms with Crippen molar-refractivity contribution in [3.63, 3.8) is 0 Å². The minimum Gasteiger partial charge on any atom is -0.478 e. The van der Waals surface area contributed by atoms with Crippen LogP contribution >= 0.6 is 0 Å². The number of benzene rings is 1. The Kier molecular flexibility index (Phi) is 5.11. The molecular weight excluding hydrogens is 268 g/mol. The van der Waals surface area contributed by atoms with E-state index >= 15 is 0 Å². The average molecular weight is 288 g/mol. The van der Waals surface area contributed by atoms with Gasteiger partial charge in [-0.3, -0.25) is 0 Å². The SMILES string of the molecule is CN(CCCCCO)c1ccc2c(C(=O)O)cccc2n1. The Morgan fingerprint density at radius 1 is 1.19 bits per heavy atom. The van der Waals surface area contributed by atoms with Crippen LogP contribution in [0, 0.1) is 0 Å². The lowest BCUT2D eigenvalue weighted by molar-refractivity contribution is 0.0699. The van der Waals surface area contributed by atoms with Crippen molar-refractivity contribution in [1.29, 1.82) is 0 Å². The van der Waals surface area contributed by atoms with Gasteiger partial charge in [0.25, 0.3) is 0 Å². The standard InChI is InChI=1S/C16H20N2O3/c1-18(10-3-2-4-11-19)15-9-8-12-13(16(20)21)6-5-7-14(12)17-15/h5-9,19H,2-4,10-11H2,1H3,(H,20,21). The van der Waals surface area contributed by atoms with Crippen LogP contribution in [-0.4, -0.2) is 41.4 Å². The Labute approximate surface area is 123 Å². The number of anilines is 1. The molecule has 21 heavy (non-hydrogen) atoms. The van der Waals surface area contributed by atoms with E-state index in [2.05, 4.69) is 4.98 Å². The van der Waals surface area contributed by atoms with E-state index in [1.807, 2.05) is 30.1 Å². The third-order valence-corrected chi connectivity index (χ3v) is 3.49. The lowest BCUT2D eigenvalue weighted by Crippen LogP contribution is -2.19. The number of fused-ring (bicyclic) bond motifs is 1. The zero-order chi connectivity index (χ0) is 15.2. The number of carboxylic acids is 1. The Balaban J connectivity index is 2.17. The van der Waals surface area contributed by atoms with Crippen molar-refractivity contribution in [3.8, 4) is 0 Å². The van der Waals surface area contributed by atoms with Gasteiger partial charge in [-0.25, -0.2) is 9.78 Å². The van der Waals surface area contributed by atoms with Gasteiger partial charge in [-0.2, -0.15) is 0 Å². The maximum atomic E-state index is 11.2. The molecule has 0 saturated carbocycles. The van der Waals surface area contributed by atoms with Crippen LogP contribution in [0.3, 0.4) is 0 Å². The second-order valence-electron chi connectivity index (χ2n) is 5.05. The largest absolute Gasteiger partial charge is 0.478 e. The maximum absolute atomic E-state index is 11.2. The van der Waals surface area contributed by atoms with Crippen LogP contribution < -0.4 is 4.90 Å². The topological polar surface area (TPSA) is 73.7 Å². The number of aromatic carboxylic acids is 1. The molecule has 0 radical (unpaired) electrons. The summed E-state index contributed by atoms with van der Waals surface area (Å²) < 4.78 is 0. The molecule has 2 N–H and O–H groups in total. The summed E-state index contributed by atoms with van der Waals surface area (Å²) in [5, 5.41) is 18.6. The Hall–Kier alpha value is -2.14. The van der Waals surface area contributed by atoms with E-state index in [9.17, 15) is 4.79 Å². The number of aliphatic hydroxyl groups excluding tert-OH is 1. The van der Waals surface area contributed by atoms with E-state index in [0.717, 1.165) is 31.6 Å². The van der Waals surface area contributed by atoms with Crippen LogP contribution in [0.25, 0.3) is 10.9 Å². The predicted octanol–water partition coefficient (Wildman–Crippen LogP) is 2.53. The van der Waals surface area contributed by atoms with Gasteiger partial charge < -0.3 is 15.1 Å². The van der Waals surface area contributed by atoms with Crippen molar-refractivity contribution in [3.05, 3.63) is 35.9 Å². The van der Waals surface area contributed by atoms with Crippen molar-refractivity contribution >= 4 is 22.7 Å². The normalized spacial score (nSPS) is 10.8. The average Bonchev–Trinajstić information content (AvgIpc) is 2.50. The number of unbranched alkanes of at least 4 members (excludes halogenated alkanes) is 2. The predicted molar refractivity (Wildman–Crippen MR) is 82.9 cm³/mol. The minimum absolute atomic E-state index is 0.232. The zero-order valence-electron chi connectivity index (χ0n) is 12.1. The van der Waals surface area contributed by atoms with E-state index < -0.39 is 5.97 Å². The third kappa shape index (κ3) is 3.70. The van der Waals surface area contributed by atoms with Crippen LogP contribution in [0.2, 0.25) is 0 Å². The first-order valence-electron chi connectivity index (χ1n) is 7.08. The molecule has 112 valence electrons. The minimum atomic E-state index is -0.937. The number of nitrogens with zero attached hydrogens (tertiary/aromatic N) is 2. The second kappa shape index (κ2) is 7.04. The van der Waals surface area contributed by atoms with Crippen LogP contribution in [0.4, 0.5) is 5.82 Å². The number of pyridine rings is 1. The molecule has 5 heteroatoms. The molecule has 5 nitrogen and oxygen atoms in total. The van der Waals surface area contributed by atoms with E-state index in [4.69, 9.17) is 10.2 Å². The first kappa shape index (κ1) is 15.3. The lowest BCUT2D eigenvalue weighted by Gasteiger charge is -2.18. The van der Waals surface area contributed by atoms with E-state index in [1.165, 1.54) is 0 Å². The fraction of sp³-hybridized carbons (Fsp3) is 0.375. The number of carboxylic acid groups (broad SMARTS) is 1. The summed E-state index contributed by atoms with van der Waals surface area (Å²) in [6.07, 6.45) is 2.80. The van der Waals surface area contributed by atoms with Gasteiger partial charge in [-0.15, -0.1) is 0 Å². The molecule has 0 bridgehead atoms. The number of aliphatic hydroxyl groups is 1. The molecule has 0 fully saturated rings. The van der Waals surface area contributed by atoms with Crippen molar-refractivity contribution in [2.75, 3.05) is 25.1 Å². The Morgan fingerprint density at radius 3 is 2.71 bits per heavy atom. The number of hydrogen-bond acceptors (Lipinski definition) is 4. The second-order valence-corrected chi connectivity index (χ2v) is 5.05. The highest BCUT2D eigenvalue weighted by atomic mass is 16.4. The van der Waals surface area contributed by atoms with Gasteiger partial charge in [0.15, 0.2) is 0 Å². The smallest absolute Gasteiger partial charge is 0.336 e. The number of rotatable bonds is 7. The summed E-state index contributed by atoms with van der Waals surface area (Å²) in [4.78, 5) is 17.8. The van der Waals surface area contributed by atoms with Crippen LogP contribution in [0.1, 0.15) is 29.6 Å². The van der Waals surface area contributed by atoms with Gasteiger partial charge in [0.2, 0.25) is 0 Å². The summed E-state index contributed by atoms with van der Waals surface area (Å²) in [5.74, 6) is -0.110. The Morgan fingerprint density at radius 2 is 2.00 bits per heavy atom. The first-order chi connectivity index (χ1) is 10.1. The zero-order valence-corrected chi connectivity index (χ0v) is 12.1. The molecule has 1 aromatic carbocycles. The van der Waals surface area contributed by atoms with E-state index in [0.29, 0.717) is 10.9 Å². The molecule has 1 aromatic heterocycles. The molecule has 0 saturated heterocycles. The third-order valence-electron chi connectivity index (χ3n) is 3.49. The molecular formula is C16H20N2O3. The molecule has 0 unspecified atom stereocenters. The van der Waals surface area contributed by atoms with Gasteiger partial charge in [-0.05, 0) is 43.5 Å². The Bertz CT molecular complexity index is 628. The molecule has 0 aliphatic rings. The highest BCUT2D eigenvalue weighted by Gasteiger charge is 2.10. The summed E-state index contributed by atoms with van der Waals surface area (Å²) in [6, 6.07) is 8.78. The van der Waals surface area contributed by atoms with Gasteiger partial charge in [0, 0.05) is 25.6 Å². The van der Waals surface area contributed by atoms with Gasteiger partial charge in [0.1, 0.15) is 5.82 Å². The monoisotopic (exact) mass is 288 g/mol. The van der Waals surface area contributed by atoms with Crippen LogP contribution in [-0.2, 0) is 0 Å². The molecule has 0 spiro atoms. The fourth-order valence-electron chi connectivity index (χ4n) is 2.30. The number of hydrogen-bond donors (Lipinski definition) is 2.